The molecule has 114 valence electrons. The molecular formula is C18H27N3. The van der Waals surface area contributed by atoms with Crippen LogP contribution in [0.2, 0.25) is 0 Å². The van der Waals surface area contributed by atoms with E-state index < -0.39 is 0 Å². The number of unbranched alkanes of at least 4 members (excludes halogenated alkanes) is 3. The molecule has 0 aromatic rings. The molecule has 1 aliphatic rings. The largest absolute Gasteiger partial charge is 0.277 e. The van der Waals surface area contributed by atoms with Crippen molar-refractivity contribution >= 4 is 0 Å². The predicted octanol–water partition coefficient (Wildman–Crippen LogP) is 2.02. The Morgan fingerprint density at radius 1 is 0.571 bits per heavy atom. The van der Waals surface area contributed by atoms with Crippen LogP contribution in [0.5, 0.6) is 0 Å². The van der Waals surface area contributed by atoms with Gasteiger partial charge in [0, 0.05) is 38.9 Å². The molecule has 21 heavy (non-hydrogen) atoms. The van der Waals surface area contributed by atoms with Crippen LogP contribution in [0.4, 0.5) is 0 Å². The fourth-order valence-electron chi connectivity index (χ4n) is 2.62. The fraction of sp³-hybridized carbons (Fsp3) is 0.667. The Kier molecular flexibility index (Phi) is 9.43. The molecule has 0 aliphatic carbocycles. The van der Waals surface area contributed by atoms with E-state index in [0.29, 0.717) is 0 Å². The molecule has 0 bridgehead atoms. The van der Waals surface area contributed by atoms with Crippen molar-refractivity contribution in [2.45, 2.75) is 38.5 Å². The van der Waals surface area contributed by atoms with Gasteiger partial charge >= 0.3 is 0 Å². The Balaban J connectivity index is 2.42. The average Bonchev–Trinajstić information content (AvgIpc) is 2.48. The van der Waals surface area contributed by atoms with Crippen LogP contribution in [0.1, 0.15) is 38.5 Å². The minimum Gasteiger partial charge on any atom is -0.277 e. The maximum atomic E-state index is 5.33. The molecule has 1 rings (SSSR count). The average molecular weight is 285 g/mol. The lowest BCUT2D eigenvalue weighted by Gasteiger charge is -2.42. The third-order valence-corrected chi connectivity index (χ3v) is 3.59. The second kappa shape index (κ2) is 11.2. The van der Waals surface area contributed by atoms with Crippen molar-refractivity contribution in [3.63, 3.8) is 0 Å². The second-order valence-electron chi connectivity index (χ2n) is 5.53. The summed E-state index contributed by atoms with van der Waals surface area (Å²) < 4.78 is 0. The highest BCUT2D eigenvalue weighted by Gasteiger charge is 2.22. The molecule has 1 fully saturated rings. The van der Waals surface area contributed by atoms with Gasteiger partial charge in [0.25, 0.3) is 0 Å². The van der Waals surface area contributed by atoms with Crippen LogP contribution in [0.15, 0.2) is 0 Å². The number of hydrogen-bond donors (Lipinski definition) is 0. The van der Waals surface area contributed by atoms with Gasteiger partial charge in [0.15, 0.2) is 0 Å². The van der Waals surface area contributed by atoms with Crippen molar-refractivity contribution in [2.75, 3.05) is 39.6 Å². The van der Waals surface area contributed by atoms with Gasteiger partial charge in [0.05, 0.1) is 20.0 Å². The monoisotopic (exact) mass is 285 g/mol. The molecule has 3 heteroatoms. The quantitative estimate of drug-likeness (QED) is 0.474. The van der Waals surface area contributed by atoms with Gasteiger partial charge in [-0.25, -0.2) is 0 Å². The molecule has 0 aromatic heterocycles. The first-order chi connectivity index (χ1) is 10.3. The summed E-state index contributed by atoms with van der Waals surface area (Å²) in [6.07, 6.45) is 21.7. The lowest BCUT2D eigenvalue weighted by Crippen LogP contribution is -2.55. The van der Waals surface area contributed by atoms with Crippen LogP contribution in [0.3, 0.4) is 0 Å². The van der Waals surface area contributed by atoms with Gasteiger partial charge in [-0.2, -0.15) is 0 Å². The minimum atomic E-state index is 0.852. The van der Waals surface area contributed by atoms with E-state index in [1.165, 1.54) is 0 Å². The highest BCUT2D eigenvalue weighted by atomic mass is 15.5. The van der Waals surface area contributed by atoms with E-state index in [1.54, 1.807) is 0 Å². The zero-order valence-electron chi connectivity index (χ0n) is 13.1. The summed E-state index contributed by atoms with van der Waals surface area (Å²) in [5.74, 6) is 8.15. The number of rotatable bonds is 9. The lowest BCUT2D eigenvalue weighted by molar-refractivity contribution is -0.0299. The SMILES string of the molecule is C#CCCCN1CN(CCCC#C)CN(CCCC#C)C1. The fourth-order valence-corrected chi connectivity index (χ4v) is 2.62. The molecule has 1 aliphatic heterocycles. The normalized spacial score (nSPS) is 17.0. The highest BCUT2D eigenvalue weighted by molar-refractivity contribution is 4.86. The van der Waals surface area contributed by atoms with Crippen LogP contribution >= 0.6 is 0 Å². The summed E-state index contributed by atoms with van der Waals surface area (Å²) in [7, 11) is 0. The Morgan fingerprint density at radius 2 is 0.857 bits per heavy atom. The van der Waals surface area contributed by atoms with Crippen molar-refractivity contribution < 1.29 is 0 Å². The van der Waals surface area contributed by atoms with Gasteiger partial charge in [-0.15, -0.1) is 37.0 Å². The molecule has 0 atom stereocenters. The van der Waals surface area contributed by atoms with Crippen LogP contribution in [-0.4, -0.2) is 54.3 Å². The summed E-state index contributed by atoms with van der Waals surface area (Å²) in [6.45, 7) is 6.22. The molecule has 0 spiro atoms. The smallest absolute Gasteiger partial charge is 0.0530 e. The molecule has 0 aromatic carbocycles. The van der Waals surface area contributed by atoms with Crippen LogP contribution < -0.4 is 0 Å². The zero-order chi connectivity index (χ0) is 15.3. The molecule has 0 radical (unpaired) electrons. The van der Waals surface area contributed by atoms with Crippen LogP contribution in [-0.2, 0) is 0 Å². The topological polar surface area (TPSA) is 9.72 Å². The molecular weight excluding hydrogens is 258 g/mol. The predicted molar refractivity (Wildman–Crippen MR) is 88.9 cm³/mol. The van der Waals surface area contributed by atoms with Crippen molar-refractivity contribution in [3.8, 4) is 37.0 Å². The standard InChI is InChI=1S/C18H27N3/c1-4-7-10-13-19-16-20(14-11-8-5-2)18-21(17-19)15-12-9-6-3/h1-3H,7-18H2. The van der Waals surface area contributed by atoms with Crippen molar-refractivity contribution in [2.24, 2.45) is 0 Å². The summed E-state index contributed by atoms with van der Waals surface area (Å²) in [6, 6.07) is 0. The molecule has 0 saturated carbocycles. The Morgan fingerprint density at radius 3 is 1.10 bits per heavy atom. The van der Waals surface area contributed by atoms with Crippen molar-refractivity contribution in [1.82, 2.24) is 14.7 Å². The van der Waals surface area contributed by atoms with Gasteiger partial charge in [-0.1, -0.05) is 0 Å². The van der Waals surface area contributed by atoms with Crippen LogP contribution in [0.25, 0.3) is 0 Å². The zero-order valence-corrected chi connectivity index (χ0v) is 13.1. The van der Waals surface area contributed by atoms with Gasteiger partial charge in [0.1, 0.15) is 0 Å². The van der Waals surface area contributed by atoms with E-state index in [0.717, 1.165) is 78.2 Å². The molecule has 0 N–H and O–H groups in total. The van der Waals surface area contributed by atoms with Gasteiger partial charge in [-0.05, 0) is 19.3 Å². The van der Waals surface area contributed by atoms with Crippen molar-refractivity contribution in [1.29, 1.82) is 0 Å². The summed E-state index contributed by atoms with van der Waals surface area (Å²) >= 11 is 0. The maximum Gasteiger partial charge on any atom is 0.0530 e. The summed E-state index contributed by atoms with van der Waals surface area (Å²) in [4.78, 5) is 7.39. The number of terminal acetylenes is 3. The van der Waals surface area contributed by atoms with Gasteiger partial charge in [0.2, 0.25) is 0 Å². The highest BCUT2D eigenvalue weighted by Crippen LogP contribution is 2.10. The Hall–Kier alpha value is -1.44. The molecule has 1 saturated heterocycles. The third-order valence-electron chi connectivity index (χ3n) is 3.59. The first kappa shape index (κ1) is 17.6. The second-order valence-corrected chi connectivity index (χ2v) is 5.53. The summed E-state index contributed by atoms with van der Waals surface area (Å²) in [5, 5.41) is 0. The van der Waals surface area contributed by atoms with E-state index in [-0.39, 0.29) is 0 Å². The minimum absolute atomic E-state index is 0.852. The first-order valence-electron chi connectivity index (χ1n) is 7.77. The third kappa shape index (κ3) is 7.79. The van der Waals surface area contributed by atoms with Crippen molar-refractivity contribution in [3.05, 3.63) is 0 Å². The molecule has 1 heterocycles. The Bertz CT molecular complexity index is 328. The lowest BCUT2D eigenvalue weighted by atomic mass is 10.2. The van der Waals surface area contributed by atoms with E-state index in [1.807, 2.05) is 0 Å². The first-order valence-corrected chi connectivity index (χ1v) is 7.77. The molecule has 0 amide bonds. The van der Waals surface area contributed by atoms with Crippen LogP contribution in [0, 0.1) is 37.0 Å². The van der Waals surface area contributed by atoms with E-state index in [2.05, 4.69) is 32.5 Å². The van der Waals surface area contributed by atoms with Gasteiger partial charge in [-0.3, -0.25) is 14.7 Å². The van der Waals surface area contributed by atoms with E-state index >= 15 is 0 Å². The molecule has 0 unspecified atom stereocenters. The summed E-state index contributed by atoms with van der Waals surface area (Å²) in [5.41, 5.74) is 0. The van der Waals surface area contributed by atoms with E-state index in [4.69, 9.17) is 19.3 Å². The molecule has 3 nitrogen and oxygen atoms in total. The van der Waals surface area contributed by atoms with E-state index in [9.17, 15) is 0 Å². The maximum absolute atomic E-state index is 5.33. The van der Waals surface area contributed by atoms with Gasteiger partial charge < -0.3 is 0 Å². The number of nitrogens with zero attached hydrogens (tertiary/aromatic N) is 3. The Labute approximate surface area is 130 Å². The number of hydrogen-bond acceptors (Lipinski definition) is 3.